The molecule has 2 aliphatic rings. The van der Waals surface area contributed by atoms with E-state index in [0.717, 1.165) is 38.9 Å². The first-order valence-corrected chi connectivity index (χ1v) is 9.96. The van der Waals surface area contributed by atoms with Crippen LogP contribution in [0, 0.1) is 5.92 Å². The van der Waals surface area contributed by atoms with Gasteiger partial charge in [0.25, 0.3) is 0 Å². The average molecular weight is 347 g/mol. The van der Waals surface area contributed by atoms with Crippen molar-refractivity contribution in [2.24, 2.45) is 5.92 Å². The summed E-state index contributed by atoms with van der Waals surface area (Å²) in [4.78, 5) is 6.47. The highest BCUT2D eigenvalue weighted by molar-refractivity contribution is 7.09. The van der Waals surface area contributed by atoms with E-state index in [2.05, 4.69) is 65.6 Å². The van der Waals surface area contributed by atoms with Gasteiger partial charge in [0.2, 0.25) is 0 Å². The largest absolute Gasteiger partial charge is 0.394 e. The molecule has 1 aliphatic carbocycles. The van der Waals surface area contributed by atoms with Crippen molar-refractivity contribution in [2.45, 2.75) is 37.8 Å². The fourth-order valence-corrected chi connectivity index (χ4v) is 4.74. The van der Waals surface area contributed by atoms with Gasteiger partial charge in [-0.2, -0.15) is 0 Å². The van der Waals surface area contributed by atoms with E-state index in [9.17, 15) is 5.11 Å². The van der Waals surface area contributed by atoms with Crippen LogP contribution in [0.1, 0.15) is 24.6 Å². The summed E-state index contributed by atoms with van der Waals surface area (Å²) in [6, 6.07) is 4.75. The first-order chi connectivity index (χ1) is 11.6. The Morgan fingerprint density at radius 3 is 2.67 bits per heavy atom. The molecule has 0 bridgehead atoms. The Morgan fingerprint density at radius 1 is 1.29 bits per heavy atom. The quantitative estimate of drug-likeness (QED) is 0.857. The molecule has 0 aromatic carbocycles. The Labute approximate surface area is 150 Å². The number of aliphatic hydroxyl groups is 1. The van der Waals surface area contributed by atoms with Crippen molar-refractivity contribution in [3.63, 3.8) is 0 Å². The molecular weight excluding hydrogens is 316 g/mol. The first-order valence-electron chi connectivity index (χ1n) is 9.08. The van der Waals surface area contributed by atoms with E-state index in [1.54, 1.807) is 0 Å². The molecule has 1 aromatic rings. The van der Waals surface area contributed by atoms with Crippen molar-refractivity contribution in [1.82, 2.24) is 9.80 Å². The van der Waals surface area contributed by atoms with E-state index in [1.165, 1.54) is 4.88 Å². The second-order valence-corrected chi connectivity index (χ2v) is 8.32. The molecule has 4 heteroatoms. The molecule has 2 heterocycles. The van der Waals surface area contributed by atoms with Crippen LogP contribution in [0.3, 0.4) is 0 Å². The number of thiophene rings is 1. The van der Waals surface area contributed by atoms with E-state index in [-0.39, 0.29) is 12.1 Å². The minimum Gasteiger partial charge on any atom is -0.394 e. The van der Waals surface area contributed by atoms with Crippen molar-refractivity contribution < 1.29 is 5.11 Å². The Balaban J connectivity index is 1.57. The van der Waals surface area contributed by atoms with Crippen molar-refractivity contribution in [3.05, 3.63) is 46.7 Å². The molecule has 24 heavy (non-hydrogen) atoms. The molecule has 1 aromatic heterocycles. The lowest BCUT2D eigenvalue weighted by molar-refractivity contribution is -0.0243. The molecule has 3 nitrogen and oxygen atoms in total. The Hall–Kier alpha value is -0.940. The minimum atomic E-state index is -0.0755. The number of nitrogens with zero attached hydrogens (tertiary/aromatic N) is 2. The van der Waals surface area contributed by atoms with Gasteiger partial charge in [-0.15, -0.1) is 11.3 Å². The highest BCUT2D eigenvalue weighted by Crippen LogP contribution is 2.32. The predicted octanol–water partition coefficient (Wildman–Crippen LogP) is 3.18. The topological polar surface area (TPSA) is 26.7 Å². The van der Waals surface area contributed by atoms with Crippen LogP contribution >= 0.6 is 11.3 Å². The summed E-state index contributed by atoms with van der Waals surface area (Å²) < 4.78 is 0. The fourth-order valence-electron chi connectivity index (χ4n) is 4.04. The molecule has 1 saturated heterocycles. The van der Waals surface area contributed by atoms with Crippen LogP contribution in [0.5, 0.6) is 0 Å². The smallest absolute Gasteiger partial charge is 0.0616 e. The van der Waals surface area contributed by atoms with Gasteiger partial charge >= 0.3 is 0 Å². The monoisotopic (exact) mass is 346 g/mol. The van der Waals surface area contributed by atoms with Gasteiger partial charge in [0.15, 0.2) is 0 Å². The number of allylic oxidation sites excluding steroid dienone is 2. The second-order valence-electron chi connectivity index (χ2n) is 7.28. The zero-order valence-corrected chi connectivity index (χ0v) is 15.7. The van der Waals surface area contributed by atoms with Crippen molar-refractivity contribution in [3.8, 4) is 0 Å². The van der Waals surface area contributed by atoms with Crippen molar-refractivity contribution >= 4 is 11.3 Å². The van der Waals surface area contributed by atoms with Gasteiger partial charge in [0, 0.05) is 23.0 Å². The average Bonchev–Trinajstić information content (AvgIpc) is 3.14. The maximum atomic E-state index is 10.2. The molecule has 1 N–H and O–H groups in total. The maximum Gasteiger partial charge on any atom is 0.0616 e. The van der Waals surface area contributed by atoms with E-state index >= 15 is 0 Å². The van der Waals surface area contributed by atoms with E-state index < -0.39 is 0 Å². The minimum absolute atomic E-state index is 0.0755. The van der Waals surface area contributed by atoms with Crippen LogP contribution in [0.2, 0.25) is 0 Å². The Morgan fingerprint density at radius 2 is 2.04 bits per heavy atom. The van der Waals surface area contributed by atoms with E-state index in [0.29, 0.717) is 12.0 Å². The van der Waals surface area contributed by atoms with Crippen LogP contribution in [-0.4, -0.2) is 59.8 Å². The molecule has 2 unspecified atom stereocenters. The third kappa shape index (κ3) is 3.83. The molecule has 1 aliphatic heterocycles. The number of piperidine rings is 1. The summed E-state index contributed by atoms with van der Waals surface area (Å²) in [6.45, 7) is 5.81. The van der Waals surface area contributed by atoms with Crippen LogP contribution in [0.4, 0.5) is 0 Å². The van der Waals surface area contributed by atoms with E-state index in [4.69, 9.17) is 0 Å². The first kappa shape index (κ1) is 17.9. The summed E-state index contributed by atoms with van der Waals surface area (Å²) in [6.07, 6.45) is 12.1. The molecule has 3 rings (SSSR count). The second kappa shape index (κ2) is 7.96. The SMILES string of the molecule is CC1C=CC=CC1N(C)C1(CO)CCN(CCc2cccs2)CC1. The molecule has 2 atom stereocenters. The molecule has 1 fully saturated rings. The van der Waals surface area contributed by atoms with E-state index in [1.807, 2.05) is 11.3 Å². The van der Waals surface area contributed by atoms with Crippen LogP contribution in [0.25, 0.3) is 0 Å². The summed E-state index contributed by atoms with van der Waals surface area (Å²) in [7, 11) is 2.20. The number of hydrogen-bond acceptors (Lipinski definition) is 4. The fraction of sp³-hybridized carbons (Fsp3) is 0.600. The van der Waals surface area contributed by atoms with Crippen LogP contribution < -0.4 is 0 Å². The lowest BCUT2D eigenvalue weighted by Gasteiger charge is -2.50. The number of likely N-dealkylation sites (tertiary alicyclic amines) is 1. The number of rotatable bonds is 6. The van der Waals surface area contributed by atoms with Gasteiger partial charge in [0.05, 0.1) is 6.61 Å². The summed E-state index contributed by atoms with van der Waals surface area (Å²) in [5.74, 6) is 0.500. The maximum absolute atomic E-state index is 10.2. The third-order valence-corrected chi connectivity index (χ3v) is 6.84. The third-order valence-electron chi connectivity index (χ3n) is 5.90. The zero-order valence-electron chi connectivity index (χ0n) is 14.9. The van der Waals surface area contributed by atoms with Gasteiger partial charge in [-0.1, -0.05) is 37.3 Å². The lowest BCUT2D eigenvalue weighted by atomic mass is 9.83. The number of hydrogen-bond donors (Lipinski definition) is 1. The van der Waals surface area contributed by atoms with Crippen LogP contribution in [0.15, 0.2) is 41.8 Å². The summed E-state index contributed by atoms with van der Waals surface area (Å²) >= 11 is 1.85. The van der Waals surface area contributed by atoms with Gasteiger partial charge < -0.3 is 10.0 Å². The van der Waals surface area contributed by atoms with Crippen molar-refractivity contribution in [1.29, 1.82) is 0 Å². The lowest BCUT2D eigenvalue weighted by Crippen LogP contribution is -2.60. The molecular formula is C20H30N2OS. The van der Waals surface area contributed by atoms with Crippen molar-refractivity contribution in [2.75, 3.05) is 33.3 Å². The number of aliphatic hydroxyl groups excluding tert-OH is 1. The highest BCUT2D eigenvalue weighted by Gasteiger charge is 2.40. The van der Waals surface area contributed by atoms with Gasteiger partial charge in [-0.3, -0.25) is 4.90 Å². The van der Waals surface area contributed by atoms with Gasteiger partial charge in [-0.25, -0.2) is 0 Å². The predicted molar refractivity (Wildman–Crippen MR) is 103 cm³/mol. The Bertz CT molecular complexity index is 558. The van der Waals surface area contributed by atoms with Gasteiger partial charge in [-0.05, 0) is 56.8 Å². The Kier molecular flexibility index (Phi) is 5.93. The number of likely N-dealkylation sites (N-methyl/N-ethyl adjacent to an activating group) is 1. The molecule has 132 valence electrons. The standard InChI is InChI=1S/C20H30N2OS/c1-17-6-3-4-8-19(17)21(2)20(16-23)10-13-22(14-11-20)12-9-18-7-5-15-24-18/h3-8,15,17,19,23H,9-14,16H2,1-2H3. The summed E-state index contributed by atoms with van der Waals surface area (Å²) in [5.41, 5.74) is -0.0755. The molecule has 0 spiro atoms. The zero-order chi connectivity index (χ0) is 17.0. The summed E-state index contributed by atoms with van der Waals surface area (Å²) in [5, 5.41) is 12.4. The van der Waals surface area contributed by atoms with Crippen LogP contribution in [-0.2, 0) is 6.42 Å². The molecule has 0 saturated carbocycles. The van der Waals surface area contributed by atoms with Gasteiger partial charge in [0.1, 0.15) is 0 Å². The molecule has 0 amide bonds. The molecule has 0 radical (unpaired) electrons. The normalized spacial score (nSPS) is 27.0. The highest BCUT2D eigenvalue weighted by atomic mass is 32.1.